The van der Waals surface area contributed by atoms with E-state index in [1.807, 2.05) is 24.3 Å². The molecule has 2 rings (SSSR count). The minimum Gasteiger partial charge on any atom is -0.365 e. The fourth-order valence-corrected chi connectivity index (χ4v) is 1.38. The van der Waals surface area contributed by atoms with Crippen LogP contribution in [-0.4, -0.2) is 10.2 Å². The maximum absolute atomic E-state index is 5.53. The summed E-state index contributed by atoms with van der Waals surface area (Å²) in [6, 6.07) is 11.9. The largest absolute Gasteiger partial charge is 0.365 e. The Balaban J connectivity index is 1.94. The maximum Gasteiger partial charge on any atom is 0.148 e. The predicted octanol–water partition coefficient (Wildman–Crippen LogP) is 1.55. The van der Waals surface area contributed by atoms with Crippen LogP contribution in [0.25, 0.3) is 0 Å². The standard InChI is InChI=1S/C12H14N4/c13-8-10-3-5-11(6-4-10)9-14-12-2-1-7-15-16-12/h1-7H,8-9,13H2,(H,14,16). The first-order valence-electron chi connectivity index (χ1n) is 5.18. The van der Waals surface area contributed by atoms with Gasteiger partial charge in [0, 0.05) is 19.3 Å². The van der Waals surface area contributed by atoms with E-state index >= 15 is 0 Å². The van der Waals surface area contributed by atoms with Crippen molar-refractivity contribution in [3.8, 4) is 0 Å². The van der Waals surface area contributed by atoms with Crippen molar-refractivity contribution >= 4 is 5.82 Å². The summed E-state index contributed by atoms with van der Waals surface area (Å²) >= 11 is 0. The molecular formula is C12H14N4. The Morgan fingerprint density at radius 1 is 1.06 bits per heavy atom. The quantitative estimate of drug-likeness (QED) is 0.810. The summed E-state index contributed by atoms with van der Waals surface area (Å²) in [7, 11) is 0. The fraction of sp³-hybridized carbons (Fsp3) is 0.167. The Morgan fingerprint density at radius 2 is 1.81 bits per heavy atom. The van der Waals surface area contributed by atoms with Crippen molar-refractivity contribution in [1.82, 2.24) is 10.2 Å². The fourth-order valence-electron chi connectivity index (χ4n) is 1.38. The number of rotatable bonds is 4. The highest BCUT2D eigenvalue weighted by molar-refractivity contribution is 5.33. The normalized spacial score (nSPS) is 10.1. The molecule has 0 radical (unpaired) electrons. The Labute approximate surface area is 94.5 Å². The van der Waals surface area contributed by atoms with E-state index in [0.29, 0.717) is 6.54 Å². The lowest BCUT2D eigenvalue weighted by atomic mass is 10.1. The monoisotopic (exact) mass is 214 g/mol. The van der Waals surface area contributed by atoms with Crippen LogP contribution in [-0.2, 0) is 13.1 Å². The zero-order chi connectivity index (χ0) is 11.2. The second-order valence-corrected chi connectivity index (χ2v) is 3.48. The Morgan fingerprint density at radius 3 is 2.44 bits per heavy atom. The molecule has 0 saturated carbocycles. The smallest absolute Gasteiger partial charge is 0.148 e. The number of benzene rings is 1. The number of aromatic nitrogens is 2. The molecule has 0 aliphatic carbocycles. The molecule has 1 aromatic heterocycles. The number of hydrogen-bond donors (Lipinski definition) is 2. The van der Waals surface area contributed by atoms with Gasteiger partial charge in [-0.15, -0.1) is 5.10 Å². The number of hydrogen-bond acceptors (Lipinski definition) is 4. The summed E-state index contributed by atoms with van der Waals surface area (Å²) < 4.78 is 0. The van der Waals surface area contributed by atoms with Crippen LogP contribution in [0.2, 0.25) is 0 Å². The SMILES string of the molecule is NCc1ccc(CNc2cccnn2)cc1. The van der Waals surface area contributed by atoms with E-state index in [-0.39, 0.29) is 0 Å². The zero-order valence-corrected chi connectivity index (χ0v) is 8.93. The van der Waals surface area contributed by atoms with Crippen LogP contribution in [0.5, 0.6) is 0 Å². The highest BCUT2D eigenvalue weighted by Gasteiger charge is 1.95. The third-order valence-electron chi connectivity index (χ3n) is 2.30. The Hall–Kier alpha value is -1.94. The van der Waals surface area contributed by atoms with E-state index in [1.165, 1.54) is 5.56 Å². The van der Waals surface area contributed by atoms with Crippen LogP contribution in [0.15, 0.2) is 42.6 Å². The lowest BCUT2D eigenvalue weighted by Crippen LogP contribution is -2.02. The molecule has 1 heterocycles. The van der Waals surface area contributed by atoms with Crippen molar-refractivity contribution in [3.63, 3.8) is 0 Å². The van der Waals surface area contributed by atoms with E-state index in [0.717, 1.165) is 17.9 Å². The predicted molar refractivity (Wildman–Crippen MR) is 63.7 cm³/mol. The zero-order valence-electron chi connectivity index (χ0n) is 8.93. The summed E-state index contributed by atoms with van der Waals surface area (Å²) in [5, 5.41) is 10.9. The molecule has 0 unspecified atom stereocenters. The molecule has 0 aliphatic rings. The molecular weight excluding hydrogens is 200 g/mol. The van der Waals surface area contributed by atoms with Crippen molar-refractivity contribution in [2.45, 2.75) is 13.1 Å². The highest BCUT2D eigenvalue weighted by Crippen LogP contribution is 2.06. The van der Waals surface area contributed by atoms with E-state index in [2.05, 4.69) is 27.6 Å². The summed E-state index contributed by atoms with van der Waals surface area (Å²) in [5.74, 6) is 0.783. The lowest BCUT2D eigenvalue weighted by molar-refractivity contribution is 0.997. The van der Waals surface area contributed by atoms with Crippen LogP contribution >= 0.6 is 0 Å². The molecule has 1 aromatic carbocycles. The average Bonchev–Trinajstić information content (AvgIpc) is 2.38. The van der Waals surface area contributed by atoms with Crippen molar-refractivity contribution in [2.75, 3.05) is 5.32 Å². The molecule has 4 nitrogen and oxygen atoms in total. The molecule has 0 amide bonds. The minimum atomic E-state index is 0.581. The van der Waals surface area contributed by atoms with E-state index in [9.17, 15) is 0 Å². The molecule has 82 valence electrons. The molecule has 3 N–H and O–H groups in total. The lowest BCUT2D eigenvalue weighted by Gasteiger charge is -2.05. The Kier molecular flexibility index (Phi) is 3.46. The van der Waals surface area contributed by atoms with Gasteiger partial charge < -0.3 is 11.1 Å². The second kappa shape index (κ2) is 5.23. The van der Waals surface area contributed by atoms with Crippen LogP contribution < -0.4 is 11.1 Å². The van der Waals surface area contributed by atoms with E-state index in [1.54, 1.807) is 6.20 Å². The van der Waals surface area contributed by atoms with Gasteiger partial charge in [0.25, 0.3) is 0 Å². The van der Waals surface area contributed by atoms with Gasteiger partial charge in [-0.25, -0.2) is 0 Å². The summed E-state index contributed by atoms with van der Waals surface area (Å²) in [5.41, 5.74) is 7.87. The number of anilines is 1. The summed E-state index contributed by atoms with van der Waals surface area (Å²) in [4.78, 5) is 0. The highest BCUT2D eigenvalue weighted by atomic mass is 15.2. The molecule has 0 saturated heterocycles. The molecule has 2 aromatic rings. The van der Waals surface area contributed by atoms with Gasteiger partial charge in [0.1, 0.15) is 5.82 Å². The van der Waals surface area contributed by atoms with Crippen LogP contribution in [0.1, 0.15) is 11.1 Å². The molecule has 4 heteroatoms. The van der Waals surface area contributed by atoms with Crippen LogP contribution in [0.4, 0.5) is 5.82 Å². The second-order valence-electron chi connectivity index (χ2n) is 3.48. The van der Waals surface area contributed by atoms with Crippen molar-refractivity contribution in [1.29, 1.82) is 0 Å². The van der Waals surface area contributed by atoms with E-state index in [4.69, 9.17) is 5.73 Å². The van der Waals surface area contributed by atoms with Gasteiger partial charge >= 0.3 is 0 Å². The van der Waals surface area contributed by atoms with Gasteiger partial charge in [-0.05, 0) is 23.3 Å². The summed E-state index contributed by atoms with van der Waals surface area (Å²) in [6.07, 6.45) is 1.65. The molecule has 0 bridgehead atoms. The van der Waals surface area contributed by atoms with Gasteiger partial charge in [0.2, 0.25) is 0 Å². The number of nitrogens with zero attached hydrogens (tertiary/aromatic N) is 2. The first-order valence-corrected chi connectivity index (χ1v) is 5.18. The third kappa shape index (κ3) is 2.77. The Bertz CT molecular complexity index is 425. The topological polar surface area (TPSA) is 63.8 Å². The summed E-state index contributed by atoms with van der Waals surface area (Å²) in [6.45, 7) is 1.32. The first-order chi connectivity index (χ1) is 7.88. The van der Waals surface area contributed by atoms with Gasteiger partial charge in [-0.1, -0.05) is 24.3 Å². The molecule has 16 heavy (non-hydrogen) atoms. The van der Waals surface area contributed by atoms with Crippen LogP contribution in [0.3, 0.4) is 0 Å². The molecule has 0 spiro atoms. The average molecular weight is 214 g/mol. The molecule has 0 atom stereocenters. The van der Waals surface area contributed by atoms with Crippen molar-refractivity contribution in [3.05, 3.63) is 53.7 Å². The number of nitrogens with two attached hydrogens (primary N) is 1. The molecule has 0 fully saturated rings. The third-order valence-corrected chi connectivity index (χ3v) is 2.30. The maximum atomic E-state index is 5.53. The van der Waals surface area contributed by atoms with Crippen LogP contribution in [0, 0.1) is 0 Å². The van der Waals surface area contributed by atoms with E-state index < -0.39 is 0 Å². The van der Waals surface area contributed by atoms with Gasteiger partial charge in [0.15, 0.2) is 0 Å². The van der Waals surface area contributed by atoms with Crippen molar-refractivity contribution in [2.24, 2.45) is 5.73 Å². The number of nitrogens with one attached hydrogen (secondary N) is 1. The van der Waals surface area contributed by atoms with Gasteiger partial charge in [-0.2, -0.15) is 5.10 Å². The van der Waals surface area contributed by atoms with Gasteiger partial charge in [0.05, 0.1) is 0 Å². The minimum absolute atomic E-state index is 0.581. The van der Waals surface area contributed by atoms with Crippen molar-refractivity contribution < 1.29 is 0 Å². The molecule has 0 aliphatic heterocycles. The first kappa shape index (κ1) is 10.6. The van der Waals surface area contributed by atoms with Gasteiger partial charge in [-0.3, -0.25) is 0 Å².